The molecule has 0 radical (unpaired) electrons. The van der Waals surface area contributed by atoms with Gasteiger partial charge < -0.3 is 10.1 Å². The van der Waals surface area contributed by atoms with Crippen LogP contribution in [0, 0.1) is 0 Å². The fourth-order valence-electron chi connectivity index (χ4n) is 2.57. The zero-order valence-electron chi connectivity index (χ0n) is 10.6. The van der Waals surface area contributed by atoms with E-state index in [9.17, 15) is 0 Å². The van der Waals surface area contributed by atoms with Gasteiger partial charge in [-0.15, -0.1) is 0 Å². The van der Waals surface area contributed by atoms with E-state index in [1.807, 2.05) is 30.3 Å². The lowest BCUT2D eigenvalue weighted by Crippen LogP contribution is -2.43. The third-order valence-corrected chi connectivity index (χ3v) is 3.54. The summed E-state index contributed by atoms with van der Waals surface area (Å²) in [6.45, 7) is 2.04. The lowest BCUT2D eigenvalue weighted by atomic mass is 9.92. The summed E-state index contributed by atoms with van der Waals surface area (Å²) < 4.78 is 7.51. The standard InChI is InChI=1S/C13H23N3O/c1-17-13-7-3-2-6-12(13)14-8-4-10-16-11-5-9-15-16/h5,9,11-14H,2-4,6-8,10H2,1H3. The van der Waals surface area contributed by atoms with Gasteiger partial charge in [-0.1, -0.05) is 12.8 Å². The molecule has 1 fully saturated rings. The van der Waals surface area contributed by atoms with Gasteiger partial charge in [-0.05, 0) is 31.9 Å². The summed E-state index contributed by atoms with van der Waals surface area (Å²) in [4.78, 5) is 0. The van der Waals surface area contributed by atoms with Crippen LogP contribution in [0.1, 0.15) is 32.1 Å². The van der Waals surface area contributed by atoms with Crippen molar-refractivity contribution >= 4 is 0 Å². The molecule has 2 atom stereocenters. The minimum Gasteiger partial charge on any atom is -0.380 e. The number of methoxy groups -OCH3 is 1. The van der Waals surface area contributed by atoms with Gasteiger partial charge >= 0.3 is 0 Å². The maximum Gasteiger partial charge on any atom is 0.0724 e. The predicted molar refractivity (Wildman–Crippen MR) is 67.9 cm³/mol. The summed E-state index contributed by atoms with van der Waals surface area (Å²) in [6, 6.07) is 2.52. The molecule has 4 heteroatoms. The third-order valence-electron chi connectivity index (χ3n) is 3.54. The smallest absolute Gasteiger partial charge is 0.0724 e. The fraction of sp³-hybridized carbons (Fsp3) is 0.769. The van der Waals surface area contributed by atoms with E-state index in [1.165, 1.54) is 25.7 Å². The quantitative estimate of drug-likeness (QED) is 0.767. The minimum atomic E-state index is 0.411. The molecule has 17 heavy (non-hydrogen) atoms. The average molecular weight is 237 g/mol. The number of aryl methyl sites for hydroxylation is 1. The lowest BCUT2D eigenvalue weighted by molar-refractivity contribution is 0.0418. The first-order chi connectivity index (χ1) is 8.40. The Hall–Kier alpha value is -0.870. The van der Waals surface area contributed by atoms with Gasteiger partial charge in [0, 0.05) is 32.1 Å². The Morgan fingerprint density at radius 3 is 3.06 bits per heavy atom. The number of nitrogens with one attached hydrogen (secondary N) is 1. The molecule has 1 aromatic heterocycles. The van der Waals surface area contributed by atoms with Crippen molar-refractivity contribution in [2.75, 3.05) is 13.7 Å². The maximum absolute atomic E-state index is 5.53. The van der Waals surface area contributed by atoms with Gasteiger partial charge in [-0.3, -0.25) is 4.68 Å². The van der Waals surface area contributed by atoms with Gasteiger partial charge in [0.05, 0.1) is 6.10 Å². The molecule has 4 nitrogen and oxygen atoms in total. The summed E-state index contributed by atoms with van der Waals surface area (Å²) in [6.07, 6.45) is 10.5. The van der Waals surface area contributed by atoms with Crippen LogP contribution in [-0.4, -0.2) is 35.6 Å². The van der Waals surface area contributed by atoms with Crippen molar-refractivity contribution in [2.24, 2.45) is 0 Å². The molecule has 1 heterocycles. The van der Waals surface area contributed by atoms with E-state index in [-0.39, 0.29) is 0 Å². The monoisotopic (exact) mass is 237 g/mol. The summed E-state index contributed by atoms with van der Waals surface area (Å²) in [5, 5.41) is 7.81. The van der Waals surface area contributed by atoms with E-state index in [4.69, 9.17) is 4.74 Å². The average Bonchev–Trinajstić information content (AvgIpc) is 2.88. The van der Waals surface area contributed by atoms with Crippen LogP contribution < -0.4 is 5.32 Å². The number of hydrogen-bond acceptors (Lipinski definition) is 3. The van der Waals surface area contributed by atoms with E-state index >= 15 is 0 Å². The van der Waals surface area contributed by atoms with Crippen molar-refractivity contribution in [3.05, 3.63) is 18.5 Å². The van der Waals surface area contributed by atoms with Crippen LogP contribution in [-0.2, 0) is 11.3 Å². The summed E-state index contributed by atoms with van der Waals surface area (Å²) in [7, 11) is 1.83. The maximum atomic E-state index is 5.53. The largest absolute Gasteiger partial charge is 0.380 e. The molecule has 0 aromatic carbocycles. The minimum absolute atomic E-state index is 0.411. The van der Waals surface area contributed by atoms with Gasteiger partial charge in [0.1, 0.15) is 0 Å². The molecule has 1 aromatic rings. The van der Waals surface area contributed by atoms with Crippen LogP contribution >= 0.6 is 0 Å². The second kappa shape index (κ2) is 6.77. The van der Waals surface area contributed by atoms with E-state index in [2.05, 4.69) is 10.4 Å². The molecule has 0 amide bonds. The molecule has 0 saturated heterocycles. The molecule has 1 N–H and O–H groups in total. The molecule has 1 aliphatic rings. The fourth-order valence-corrected chi connectivity index (χ4v) is 2.57. The lowest BCUT2D eigenvalue weighted by Gasteiger charge is -2.31. The Balaban J connectivity index is 1.63. The van der Waals surface area contributed by atoms with Gasteiger partial charge in [-0.25, -0.2) is 0 Å². The van der Waals surface area contributed by atoms with E-state index in [0.29, 0.717) is 12.1 Å². The molecule has 96 valence electrons. The Kier molecular flexibility index (Phi) is 5.01. The van der Waals surface area contributed by atoms with Crippen molar-refractivity contribution in [2.45, 2.75) is 50.8 Å². The van der Waals surface area contributed by atoms with Crippen LogP contribution in [0.25, 0.3) is 0 Å². The molecule has 1 saturated carbocycles. The van der Waals surface area contributed by atoms with E-state index < -0.39 is 0 Å². The number of aromatic nitrogens is 2. The van der Waals surface area contributed by atoms with Gasteiger partial charge in [-0.2, -0.15) is 5.10 Å². The number of rotatable bonds is 6. The highest BCUT2D eigenvalue weighted by Gasteiger charge is 2.23. The second-order valence-corrected chi connectivity index (χ2v) is 4.74. The Morgan fingerprint density at radius 2 is 2.29 bits per heavy atom. The van der Waals surface area contributed by atoms with Gasteiger partial charge in [0.25, 0.3) is 0 Å². The number of nitrogens with zero attached hydrogens (tertiary/aromatic N) is 2. The molecule has 0 spiro atoms. The van der Waals surface area contributed by atoms with Crippen LogP contribution in [0.4, 0.5) is 0 Å². The summed E-state index contributed by atoms with van der Waals surface area (Å²) >= 11 is 0. The summed E-state index contributed by atoms with van der Waals surface area (Å²) in [5.74, 6) is 0. The first kappa shape index (κ1) is 12.6. The second-order valence-electron chi connectivity index (χ2n) is 4.74. The first-order valence-electron chi connectivity index (χ1n) is 6.64. The highest BCUT2D eigenvalue weighted by atomic mass is 16.5. The van der Waals surface area contributed by atoms with Crippen LogP contribution in [0.2, 0.25) is 0 Å². The SMILES string of the molecule is COC1CCCCC1NCCCn1cccn1. The normalized spacial score (nSPS) is 25.0. The molecule has 0 bridgehead atoms. The Morgan fingerprint density at radius 1 is 1.41 bits per heavy atom. The van der Waals surface area contributed by atoms with Crippen LogP contribution in [0.5, 0.6) is 0 Å². The van der Waals surface area contributed by atoms with Crippen molar-refractivity contribution in [3.8, 4) is 0 Å². The van der Waals surface area contributed by atoms with Crippen molar-refractivity contribution < 1.29 is 4.74 Å². The molecule has 2 unspecified atom stereocenters. The van der Waals surface area contributed by atoms with Crippen molar-refractivity contribution in [3.63, 3.8) is 0 Å². The number of hydrogen-bond donors (Lipinski definition) is 1. The molecule has 0 aliphatic heterocycles. The molecular formula is C13H23N3O. The van der Waals surface area contributed by atoms with Gasteiger partial charge in [0.15, 0.2) is 0 Å². The van der Waals surface area contributed by atoms with Crippen molar-refractivity contribution in [1.29, 1.82) is 0 Å². The van der Waals surface area contributed by atoms with Crippen molar-refractivity contribution in [1.82, 2.24) is 15.1 Å². The zero-order chi connectivity index (χ0) is 11.9. The highest BCUT2D eigenvalue weighted by molar-refractivity contribution is 4.81. The first-order valence-corrected chi connectivity index (χ1v) is 6.64. The van der Waals surface area contributed by atoms with Crippen LogP contribution in [0.15, 0.2) is 18.5 Å². The number of ether oxygens (including phenoxy) is 1. The topological polar surface area (TPSA) is 39.1 Å². The zero-order valence-corrected chi connectivity index (χ0v) is 10.6. The highest BCUT2D eigenvalue weighted by Crippen LogP contribution is 2.20. The third kappa shape index (κ3) is 3.82. The Labute approximate surface area is 103 Å². The Bertz CT molecular complexity index is 300. The summed E-state index contributed by atoms with van der Waals surface area (Å²) in [5.41, 5.74) is 0. The molecular weight excluding hydrogens is 214 g/mol. The van der Waals surface area contributed by atoms with E-state index in [1.54, 1.807) is 0 Å². The van der Waals surface area contributed by atoms with E-state index in [0.717, 1.165) is 19.5 Å². The van der Waals surface area contributed by atoms with Gasteiger partial charge in [0.2, 0.25) is 0 Å². The molecule has 1 aliphatic carbocycles. The predicted octanol–water partition coefficient (Wildman–Crippen LogP) is 1.82. The molecule has 2 rings (SSSR count). The van der Waals surface area contributed by atoms with Crippen LogP contribution in [0.3, 0.4) is 0 Å².